The molecule has 0 amide bonds. The van der Waals surface area contributed by atoms with Crippen molar-refractivity contribution < 1.29 is 0 Å². The first-order valence-electron chi connectivity index (χ1n) is 3.40. The topological polar surface area (TPSA) is 0 Å². The summed E-state index contributed by atoms with van der Waals surface area (Å²) in [6.07, 6.45) is 4.34. The monoisotopic (exact) mass is 260 g/mol. The minimum atomic E-state index is 0.921. The quantitative estimate of drug-likeness (QED) is 0.664. The van der Waals surface area contributed by atoms with Crippen molar-refractivity contribution >= 4 is 29.9 Å². The Labute approximate surface area is 71.5 Å². The molecule has 0 fully saturated rings. The number of hydrogen-bond acceptors (Lipinski definition) is 0. The van der Waals surface area contributed by atoms with Crippen molar-refractivity contribution in [2.45, 2.75) is 41.5 Å². The summed E-state index contributed by atoms with van der Waals surface area (Å²) in [5.41, 5.74) is 0. The van der Waals surface area contributed by atoms with Crippen LogP contribution >= 0.6 is 0 Å². The van der Waals surface area contributed by atoms with E-state index in [1.807, 2.05) is 0 Å². The standard InChI is InChI=1S/C7H16Se2/c1-4-5-6-7(8-2)9-3/h7H,4-6H2,1-3H3. The minimum absolute atomic E-state index is 0.921. The van der Waals surface area contributed by atoms with Crippen molar-refractivity contribution in [3.05, 3.63) is 0 Å². The van der Waals surface area contributed by atoms with Gasteiger partial charge >= 0.3 is 71.5 Å². The van der Waals surface area contributed by atoms with E-state index in [0.717, 1.165) is 33.6 Å². The van der Waals surface area contributed by atoms with Crippen LogP contribution < -0.4 is 0 Å². The van der Waals surface area contributed by atoms with Crippen molar-refractivity contribution in [1.82, 2.24) is 0 Å². The molecule has 0 unspecified atom stereocenters. The molecule has 0 aliphatic rings. The number of rotatable bonds is 5. The molecule has 0 saturated carbocycles. The van der Waals surface area contributed by atoms with E-state index in [9.17, 15) is 0 Å². The van der Waals surface area contributed by atoms with Crippen LogP contribution in [0.25, 0.3) is 0 Å². The Morgan fingerprint density at radius 2 is 1.78 bits per heavy atom. The molecule has 0 bridgehead atoms. The van der Waals surface area contributed by atoms with E-state index in [2.05, 4.69) is 18.6 Å². The predicted octanol–water partition coefficient (Wildman–Crippen LogP) is 2.43. The molecule has 0 rings (SSSR count). The van der Waals surface area contributed by atoms with Gasteiger partial charge < -0.3 is 0 Å². The average molecular weight is 258 g/mol. The molecule has 0 radical (unpaired) electrons. The summed E-state index contributed by atoms with van der Waals surface area (Å²) in [5.74, 6) is 4.75. The molecule has 2 heteroatoms. The van der Waals surface area contributed by atoms with Crippen molar-refractivity contribution in [2.24, 2.45) is 0 Å². The third-order valence-electron chi connectivity index (χ3n) is 1.32. The zero-order valence-electron chi connectivity index (χ0n) is 6.52. The molecule has 0 heterocycles. The zero-order valence-corrected chi connectivity index (χ0v) is 9.94. The van der Waals surface area contributed by atoms with Crippen LogP contribution in [0.1, 0.15) is 26.2 Å². The van der Waals surface area contributed by atoms with Gasteiger partial charge in [-0.2, -0.15) is 0 Å². The van der Waals surface area contributed by atoms with Crippen LogP contribution in [0.4, 0.5) is 0 Å². The predicted molar refractivity (Wildman–Crippen MR) is 46.5 cm³/mol. The average Bonchev–Trinajstić information content (AvgIpc) is 1.91. The molecular weight excluding hydrogens is 242 g/mol. The summed E-state index contributed by atoms with van der Waals surface area (Å²) in [4.78, 5) is 0. The second kappa shape index (κ2) is 7.15. The number of hydrogen-bond donors (Lipinski definition) is 0. The van der Waals surface area contributed by atoms with Crippen LogP contribution in [0, 0.1) is 0 Å². The van der Waals surface area contributed by atoms with Crippen molar-refractivity contribution in [1.29, 1.82) is 0 Å². The second-order valence-corrected chi connectivity index (χ2v) is 7.92. The molecule has 0 aromatic carbocycles. The SMILES string of the molecule is CCCCC([Se]C)[Se]C. The molecule has 0 aromatic heterocycles. The third kappa shape index (κ3) is 5.48. The van der Waals surface area contributed by atoms with Crippen LogP contribution in [-0.2, 0) is 0 Å². The Hall–Kier alpha value is 1.04. The maximum atomic E-state index is 2.37. The Morgan fingerprint density at radius 3 is 2.11 bits per heavy atom. The van der Waals surface area contributed by atoms with E-state index in [4.69, 9.17) is 0 Å². The Morgan fingerprint density at radius 1 is 1.22 bits per heavy atom. The fourth-order valence-corrected chi connectivity index (χ4v) is 4.89. The van der Waals surface area contributed by atoms with E-state index in [-0.39, 0.29) is 0 Å². The van der Waals surface area contributed by atoms with Gasteiger partial charge in [-0.3, -0.25) is 0 Å². The van der Waals surface area contributed by atoms with Crippen LogP contribution in [0.15, 0.2) is 0 Å². The Balaban J connectivity index is 3.09. The van der Waals surface area contributed by atoms with E-state index >= 15 is 0 Å². The van der Waals surface area contributed by atoms with E-state index in [1.54, 1.807) is 0 Å². The molecule has 0 aliphatic carbocycles. The van der Waals surface area contributed by atoms with Gasteiger partial charge in [0.1, 0.15) is 0 Å². The molecule has 0 saturated heterocycles. The van der Waals surface area contributed by atoms with E-state index in [0.29, 0.717) is 0 Å². The normalized spacial score (nSPS) is 10.7. The van der Waals surface area contributed by atoms with Gasteiger partial charge in [0.2, 0.25) is 0 Å². The van der Waals surface area contributed by atoms with Crippen LogP contribution in [-0.4, -0.2) is 29.9 Å². The van der Waals surface area contributed by atoms with Gasteiger partial charge in [0.25, 0.3) is 0 Å². The first-order chi connectivity index (χ1) is 4.35. The summed E-state index contributed by atoms with van der Waals surface area (Å²) in [6, 6.07) is 0. The van der Waals surface area contributed by atoms with Crippen LogP contribution in [0.3, 0.4) is 0 Å². The van der Waals surface area contributed by atoms with E-state index < -0.39 is 0 Å². The van der Waals surface area contributed by atoms with E-state index in [1.165, 1.54) is 19.3 Å². The van der Waals surface area contributed by atoms with Gasteiger partial charge in [-0.15, -0.1) is 0 Å². The molecule has 56 valence electrons. The molecule has 9 heavy (non-hydrogen) atoms. The third-order valence-corrected chi connectivity index (χ3v) is 8.71. The summed E-state index contributed by atoms with van der Waals surface area (Å²) >= 11 is 1.84. The van der Waals surface area contributed by atoms with Gasteiger partial charge in [0, 0.05) is 0 Å². The van der Waals surface area contributed by atoms with Gasteiger partial charge in [-0.25, -0.2) is 0 Å². The molecule has 0 atom stereocenters. The van der Waals surface area contributed by atoms with Crippen molar-refractivity contribution in [3.8, 4) is 0 Å². The molecule has 0 spiro atoms. The zero-order chi connectivity index (χ0) is 7.11. The molecule has 0 aromatic rings. The second-order valence-electron chi connectivity index (χ2n) is 2.04. The molecule has 0 N–H and O–H groups in total. The van der Waals surface area contributed by atoms with Crippen LogP contribution in [0.5, 0.6) is 0 Å². The van der Waals surface area contributed by atoms with Gasteiger partial charge in [0.05, 0.1) is 0 Å². The molecule has 0 nitrogen and oxygen atoms in total. The fraction of sp³-hybridized carbons (Fsp3) is 1.00. The first kappa shape index (κ1) is 10.0. The Bertz CT molecular complexity index is 50.9. The first-order valence-corrected chi connectivity index (χ1v) is 8.81. The number of unbranched alkanes of at least 4 members (excludes halogenated alkanes) is 1. The summed E-state index contributed by atoms with van der Waals surface area (Å²) < 4.78 is 1.13. The molecule has 0 aliphatic heterocycles. The maximum absolute atomic E-state index is 2.37. The summed E-state index contributed by atoms with van der Waals surface area (Å²) in [7, 11) is 0. The van der Waals surface area contributed by atoms with Crippen LogP contribution in [0.2, 0.25) is 15.4 Å². The van der Waals surface area contributed by atoms with Gasteiger partial charge in [-0.1, -0.05) is 0 Å². The fourth-order valence-electron chi connectivity index (χ4n) is 0.703. The Kier molecular flexibility index (Phi) is 7.97. The van der Waals surface area contributed by atoms with Gasteiger partial charge in [0.15, 0.2) is 0 Å². The molecular formula is C7H16Se2. The van der Waals surface area contributed by atoms with Gasteiger partial charge in [-0.05, 0) is 0 Å². The van der Waals surface area contributed by atoms with Crippen molar-refractivity contribution in [2.75, 3.05) is 0 Å². The summed E-state index contributed by atoms with van der Waals surface area (Å²) in [6.45, 7) is 2.28. The summed E-state index contributed by atoms with van der Waals surface area (Å²) in [5, 5.41) is 0. The van der Waals surface area contributed by atoms with Crippen molar-refractivity contribution in [3.63, 3.8) is 0 Å².